The van der Waals surface area contributed by atoms with Crippen molar-refractivity contribution >= 4 is 5.82 Å². The van der Waals surface area contributed by atoms with Crippen molar-refractivity contribution in [3.63, 3.8) is 0 Å². The molecule has 118 valence electrons. The highest BCUT2D eigenvalue weighted by Gasteiger charge is 2.34. The molecular formula is C14H20F3N3O. The molecule has 1 aliphatic carbocycles. The van der Waals surface area contributed by atoms with E-state index in [1.165, 1.54) is 6.07 Å². The minimum Gasteiger partial charge on any atom is -0.388 e. The van der Waals surface area contributed by atoms with Crippen molar-refractivity contribution in [1.82, 2.24) is 10.2 Å². The summed E-state index contributed by atoms with van der Waals surface area (Å²) in [5.41, 5.74) is -1.83. The van der Waals surface area contributed by atoms with Gasteiger partial charge in [0.25, 0.3) is 0 Å². The molecule has 4 nitrogen and oxygen atoms in total. The van der Waals surface area contributed by atoms with Gasteiger partial charge in [-0.1, -0.05) is 13.3 Å². The molecule has 1 aliphatic rings. The van der Waals surface area contributed by atoms with Crippen LogP contribution in [-0.4, -0.2) is 27.4 Å². The second-order valence-corrected chi connectivity index (χ2v) is 5.73. The van der Waals surface area contributed by atoms with Crippen LogP contribution >= 0.6 is 0 Å². The van der Waals surface area contributed by atoms with Crippen LogP contribution in [0.15, 0.2) is 12.1 Å². The zero-order valence-corrected chi connectivity index (χ0v) is 12.0. The lowest BCUT2D eigenvalue weighted by atomic mass is 9.78. The summed E-state index contributed by atoms with van der Waals surface area (Å²) in [5, 5.41) is 20.0. The van der Waals surface area contributed by atoms with E-state index in [1.54, 1.807) is 0 Å². The summed E-state index contributed by atoms with van der Waals surface area (Å²) in [4.78, 5) is 0. The number of rotatable bonds is 4. The molecule has 1 saturated carbocycles. The van der Waals surface area contributed by atoms with E-state index < -0.39 is 17.5 Å². The van der Waals surface area contributed by atoms with E-state index in [2.05, 4.69) is 22.4 Å². The van der Waals surface area contributed by atoms with E-state index in [0.29, 0.717) is 18.8 Å². The number of anilines is 1. The van der Waals surface area contributed by atoms with E-state index in [9.17, 15) is 18.3 Å². The minimum atomic E-state index is -4.48. The van der Waals surface area contributed by atoms with Gasteiger partial charge >= 0.3 is 6.18 Å². The maximum atomic E-state index is 12.4. The molecule has 1 aromatic rings. The highest BCUT2D eigenvalue weighted by atomic mass is 19.4. The molecule has 21 heavy (non-hydrogen) atoms. The molecule has 0 atom stereocenters. The second-order valence-electron chi connectivity index (χ2n) is 5.73. The van der Waals surface area contributed by atoms with Crippen molar-refractivity contribution in [3.05, 3.63) is 17.8 Å². The fraction of sp³-hybridized carbons (Fsp3) is 0.714. The number of nitrogens with one attached hydrogen (secondary N) is 1. The Morgan fingerprint density at radius 2 is 1.95 bits per heavy atom. The lowest BCUT2D eigenvalue weighted by Crippen LogP contribution is -2.40. The number of hydrogen-bond donors (Lipinski definition) is 2. The maximum Gasteiger partial charge on any atom is 0.435 e. The second kappa shape index (κ2) is 6.17. The standard InChI is InChI=1S/C14H20F3N3O/c1-2-10-5-7-13(21,8-6-10)9-18-12-4-3-11(19-20-12)14(15,16)17/h3-4,10,21H,2,5-9H2,1H3,(H,18,20). The number of hydrogen-bond acceptors (Lipinski definition) is 4. The Hall–Kier alpha value is -1.37. The highest BCUT2D eigenvalue weighted by molar-refractivity contribution is 5.34. The van der Waals surface area contributed by atoms with Crippen LogP contribution in [0.3, 0.4) is 0 Å². The van der Waals surface area contributed by atoms with Crippen LogP contribution in [0.2, 0.25) is 0 Å². The van der Waals surface area contributed by atoms with Gasteiger partial charge in [-0.05, 0) is 43.7 Å². The predicted molar refractivity (Wildman–Crippen MR) is 72.7 cm³/mol. The monoisotopic (exact) mass is 303 g/mol. The average Bonchev–Trinajstić information content (AvgIpc) is 2.46. The predicted octanol–water partition coefficient (Wildman–Crippen LogP) is 3.24. The molecule has 0 amide bonds. The van der Waals surface area contributed by atoms with Crippen LogP contribution in [0.5, 0.6) is 0 Å². The van der Waals surface area contributed by atoms with Gasteiger partial charge in [-0.25, -0.2) is 0 Å². The van der Waals surface area contributed by atoms with E-state index >= 15 is 0 Å². The number of halogens is 3. The summed E-state index contributed by atoms with van der Waals surface area (Å²) < 4.78 is 37.1. The average molecular weight is 303 g/mol. The van der Waals surface area contributed by atoms with Gasteiger partial charge in [-0.3, -0.25) is 0 Å². The maximum absolute atomic E-state index is 12.4. The number of aromatic nitrogens is 2. The zero-order valence-electron chi connectivity index (χ0n) is 12.0. The molecular weight excluding hydrogens is 283 g/mol. The first kappa shape index (κ1) is 16.0. The van der Waals surface area contributed by atoms with E-state index in [4.69, 9.17) is 0 Å². The Labute approximate surface area is 121 Å². The molecule has 0 bridgehead atoms. The fourth-order valence-electron chi connectivity index (χ4n) is 2.63. The molecule has 2 rings (SSSR count). The number of aliphatic hydroxyl groups is 1. The molecule has 0 saturated heterocycles. The summed E-state index contributed by atoms with van der Waals surface area (Å²) in [6.45, 7) is 2.43. The third kappa shape index (κ3) is 4.30. The Bertz CT molecular complexity index is 454. The Morgan fingerprint density at radius 3 is 2.43 bits per heavy atom. The van der Waals surface area contributed by atoms with Gasteiger partial charge in [-0.15, -0.1) is 10.2 Å². The lowest BCUT2D eigenvalue weighted by molar-refractivity contribution is -0.141. The number of alkyl halides is 3. The molecule has 0 aromatic carbocycles. The molecule has 0 radical (unpaired) electrons. The summed E-state index contributed by atoms with van der Waals surface area (Å²) in [6, 6.07) is 2.12. The summed E-state index contributed by atoms with van der Waals surface area (Å²) >= 11 is 0. The smallest absolute Gasteiger partial charge is 0.388 e. The van der Waals surface area contributed by atoms with Gasteiger partial charge in [0, 0.05) is 6.54 Å². The van der Waals surface area contributed by atoms with Crippen LogP contribution in [0.4, 0.5) is 19.0 Å². The number of nitrogens with zero attached hydrogens (tertiary/aromatic N) is 2. The Balaban J connectivity index is 1.88. The van der Waals surface area contributed by atoms with Gasteiger partial charge in [0.1, 0.15) is 5.82 Å². The summed E-state index contributed by atoms with van der Waals surface area (Å²) in [7, 11) is 0. The third-order valence-electron chi connectivity index (χ3n) is 4.17. The van der Waals surface area contributed by atoms with Crippen LogP contribution in [0.1, 0.15) is 44.7 Å². The SMILES string of the molecule is CCC1CCC(O)(CNc2ccc(C(F)(F)F)nn2)CC1. The summed E-state index contributed by atoms with van der Waals surface area (Å²) in [6.07, 6.45) is -0.00393. The molecule has 0 spiro atoms. The van der Waals surface area contributed by atoms with Crippen molar-refractivity contribution in [3.8, 4) is 0 Å². The van der Waals surface area contributed by atoms with E-state index in [-0.39, 0.29) is 12.4 Å². The first-order valence-corrected chi connectivity index (χ1v) is 7.19. The molecule has 1 aromatic heterocycles. The molecule has 0 aliphatic heterocycles. The first-order valence-electron chi connectivity index (χ1n) is 7.19. The Kier molecular flexibility index (Phi) is 4.70. The van der Waals surface area contributed by atoms with Gasteiger partial charge < -0.3 is 10.4 Å². The first-order chi connectivity index (χ1) is 9.82. The van der Waals surface area contributed by atoms with E-state index in [1.807, 2.05) is 0 Å². The lowest BCUT2D eigenvalue weighted by Gasteiger charge is -2.35. The highest BCUT2D eigenvalue weighted by Crippen LogP contribution is 2.33. The van der Waals surface area contributed by atoms with Gasteiger partial charge in [-0.2, -0.15) is 13.2 Å². The zero-order chi connectivity index (χ0) is 15.5. The van der Waals surface area contributed by atoms with Gasteiger partial charge in [0.05, 0.1) is 5.60 Å². The van der Waals surface area contributed by atoms with Crippen LogP contribution in [-0.2, 0) is 6.18 Å². The molecule has 1 heterocycles. The Morgan fingerprint density at radius 1 is 1.29 bits per heavy atom. The molecule has 0 unspecified atom stereocenters. The van der Waals surface area contributed by atoms with Crippen LogP contribution in [0.25, 0.3) is 0 Å². The normalized spacial score (nSPS) is 26.6. The van der Waals surface area contributed by atoms with Crippen LogP contribution in [0, 0.1) is 5.92 Å². The summed E-state index contributed by atoms with van der Waals surface area (Å²) in [5.74, 6) is 0.908. The van der Waals surface area contributed by atoms with Crippen molar-refractivity contribution in [2.45, 2.75) is 50.8 Å². The van der Waals surface area contributed by atoms with Crippen molar-refractivity contribution < 1.29 is 18.3 Å². The fourth-order valence-corrected chi connectivity index (χ4v) is 2.63. The largest absolute Gasteiger partial charge is 0.435 e. The van der Waals surface area contributed by atoms with Gasteiger partial charge in [0.15, 0.2) is 5.69 Å². The van der Waals surface area contributed by atoms with Gasteiger partial charge in [0.2, 0.25) is 0 Å². The van der Waals surface area contributed by atoms with Crippen molar-refractivity contribution in [2.75, 3.05) is 11.9 Å². The third-order valence-corrected chi connectivity index (χ3v) is 4.17. The topological polar surface area (TPSA) is 58.0 Å². The molecule has 2 N–H and O–H groups in total. The molecule has 7 heteroatoms. The minimum absolute atomic E-state index is 0.244. The van der Waals surface area contributed by atoms with Crippen molar-refractivity contribution in [1.29, 1.82) is 0 Å². The van der Waals surface area contributed by atoms with Crippen LogP contribution < -0.4 is 5.32 Å². The van der Waals surface area contributed by atoms with Crippen molar-refractivity contribution in [2.24, 2.45) is 5.92 Å². The molecule has 1 fully saturated rings. The van der Waals surface area contributed by atoms with E-state index in [0.717, 1.165) is 25.3 Å². The quantitative estimate of drug-likeness (QED) is 0.896.